The zero-order valence-electron chi connectivity index (χ0n) is 12.0. The molecular formula is C13H12F3NO5S. The Morgan fingerprint density at radius 3 is 2.30 bits per heavy atom. The fraction of sp³-hybridized carbons (Fsp3) is 0.231. The molecule has 0 atom stereocenters. The molecule has 0 fully saturated rings. The van der Waals surface area contributed by atoms with Crippen LogP contribution in [0, 0.1) is 0 Å². The zero-order chi connectivity index (χ0) is 17.8. The summed E-state index contributed by atoms with van der Waals surface area (Å²) in [5.41, 5.74) is -3.98. The van der Waals surface area contributed by atoms with E-state index in [4.69, 9.17) is 13.0 Å². The molecule has 1 aromatic carbocycles. The summed E-state index contributed by atoms with van der Waals surface area (Å²) >= 11 is 0. The van der Waals surface area contributed by atoms with Crippen LogP contribution >= 0.6 is 0 Å². The molecule has 6 nitrogen and oxygen atoms in total. The fourth-order valence-corrected chi connectivity index (χ4v) is 1.61. The van der Waals surface area contributed by atoms with E-state index in [0.717, 1.165) is 10.9 Å². The SMILES string of the molecule is COC(=O)c1ccc2c(ccc[n+]2C)c1.O=S(=O)([O-])C(F)(F)F. The van der Waals surface area contributed by atoms with Crippen molar-refractivity contribution >= 4 is 27.0 Å². The minimum absolute atomic E-state index is 0.302. The number of fused-ring (bicyclic) bond motifs is 1. The molecule has 0 bridgehead atoms. The van der Waals surface area contributed by atoms with Gasteiger partial charge in [0.15, 0.2) is 16.3 Å². The number of ether oxygens (including phenoxy) is 1. The predicted octanol–water partition coefficient (Wildman–Crippen LogP) is 1.50. The second kappa shape index (κ2) is 6.92. The molecule has 0 radical (unpaired) electrons. The number of alkyl halides is 3. The highest BCUT2D eigenvalue weighted by atomic mass is 32.2. The van der Waals surface area contributed by atoms with Crippen LogP contribution in [-0.4, -0.2) is 31.6 Å². The molecule has 2 aromatic rings. The average Bonchev–Trinajstić information content (AvgIpc) is 2.45. The smallest absolute Gasteiger partial charge is 0.485 e. The molecule has 0 unspecified atom stereocenters. The number of hydrogen-bond donors (Lipinski definition) is 0. The second-order valence-corrected chi connectivity index (χ2v) is 5.66. The quantitative estimate of drug-likeness (QED) is 0.336. The van der Waals surface area contributed by atoms with E-state index in [2.05, 4.69) is 4.74 Å². The lowest BCUT2D eigenvalue weighted by molar-refractivity contribution is -0.644. The van der Waals surface area contributed by atoms with Gasteiger partial charge in [-0.1, -0.05) is 0 Å². The van der Waals surface area contributed by atoms with Crippen LogP contribution in [0.25, 0.3) is 10.9 Å². The first-order valence-electron chi connectivity index (χ1n) is 5.96. The van der Waals surface area contributed by atoms with E-state index in [0.29, 0.717) is 5.56 Å². The van der Waals surface area contributed by atoms with Gasteiger partial charge in [-0.05, 0) is 18.2 Å². The van der Waals surface area contributed by atoms with E-state index >= 15 is 0 Å². The lowest BCUT2D eigenvalue weighted by Gasteiger charge is -2.08. The highest BCUT2D eigenvalue weighted by molar-refractivity contribution is 7.86. The maximum absolute atomic E-state index is 11.3. The number of pyridine rings is 1. The first-order chi connectivity index (χ1) is 10.5. The van der Waals surface area contributed by atoms with Crippen LogP contribution in [0.4, 0.5) is 13.2 Å². The van der Waals surface area contributed by atoms with Gasteiger partial charge in [0, 0.05) is 17.5 Å². The van der Waals surface area contributed by atoms with Crippen molar-refractivity contribution in [3.05, 3.63) is 42.1 Å². The number of benzene rings is 1. The van der Waals surface area contributed by atoms with Crippen molar-refractivity contribution in [2.45, 2.75) is 5.51 Å². The van der Waals surface area contributed by atoms with Crippen LogP contribution in [0.5, 0.6) is 0 Å². The van der Waals surface area contributed by atoms with E-state index in [1.165, 1.54) is 7.11 Å². The monoisotopic (exact) mass is 351 g/mol. The van der Waals surface area contributed by atoms with Gasteiger partial charge >= 0.3 is 11.5 Å². The minimum atomic E-state index is -6.09. The molecule has 1 heterocycles. The molecule has 2 rings (SSSR count). The van der Waals surface area contributed by atoms with Gasteiger partial charge in [-0.15, -0.1) is 0 Å². The summed E-state index contributed by atoms with van der Waals surface area (Å²) < 4.78 is 65.6. The molecule has 0 saturated carbocycles. The number of esters is 1. The van der Waals surface area contributed by atoms with Crippen molar-refractivity contribution in [3.8, 4) is 0 Å². The lowest BCUT2D eigenvalue weighted by Crippen LogP contribution is -2.27. The molecule has 0 spiro atoms. The molecule has 0 amide bonds. The fourth-order valence-electron chi connectivity index (χ4n) is 1.61. The van der Waals surface area contributed by atoms with Crippen molar-refractivity contribution in [1.29, 1.82) is 0 Å². The van der Waals surface area contributed by atoms with Crippen molar-refractivity contribution in [3.63, 3.8) is 0 Å². The first-order valence-corrected chi connectivity index (χ1v) is 7.37. The molecule has 126 valence electrons. The Morgan fingerprint density at radius 1 is 1.26 bits per heavy atom. The molecular weight excluding hydrogens is 339 g/mol. The maximum Gasteiger partial charge on any atom is 0.485 e. The van der Waals surface area contributed by atoms with Crippen LogP contribution in [0.2, 0.25) is 0 Å². The summed E-state index contributed by atoms with van der Waals surface area (Å²) in [6.07, 6.45) is 1.97. The van der Waals surface area contributed by atoms with Crippen LogP contribution in [0.1, 0.15) is 10.4 Å². The number of rotatable bonds is 1. The summed E-state index contributed by atoms with van der Waals surface area (Å²) in [6.45, 7) is 0. The van der Waals surface area contributed by atoms with Gasteiger partial charge in [0.1, 0.15) is 7.05 Å². The van der Waals surface area contributed by atoms with Crippen LogP contribution in [0.3, 0.4) is 0 Å². The van der Waals surface area contributed by atoms with Crippen molar-refractivity contribution in [1.82, 2.24) is 0 Å². The molecule has 0 aliphatic heterocycles. The number of halogens is 3. The second-order valence-electron chi connectivity index (χ2n) is 4.28. The Hall–Kier alpha value is -2.20. The molecule has 1 aromatic heterocycles. The van der Waals surface area contributed by atoms with Crippen LogP contribution < -0.4 is 4.57 Å². The Bertz CT molecular complexity index is 818. The van der Waals surface area contributed by atoms with Crippen molar-refractivity contribution in [2.24, 2.45) is 7.05 Å². The first kappa shape index (κ1) is 18.8. The predicted molar refractivity (Wildman–Crippen MR) is 72.2 cm³/mol. The molecule has 0 saturated heterocycles. The number of carbonyl (C=O) groups is 1. The van der Waals surface area contributed by atoms with Gasteiger partial charge in [-0.3, -0.25) is 0 Å². The van der Waals surface area contributed by atoms with E-state index < -0.39 is 15.6 Å². The van der Waals surface area contributed by atoms with E-state index in [-0.39, 0.29) is 5.97 Å². The van der Waals surface area contributed by atoms with Gasteiger partial charge in [0.25, 0.3) is 0 Å². The highest BCUT2D eigenvalue weighted by Gasteiger charge is 2.36. The highest BCUT2D eigenvalue weighted by Crippen LogP contribution is 2.20. The van der Waals surface area contributed by atoms with Gasteiger partial charge in [-0.2, -0.15) is 13.2 Å². The summed E-state index contributed by atoms with van der Waals surface area (Å²) in [4.78, 5) is 11.3. The van der Waals surface area contributed by atoms with E-state index in [9.17, 15) is 18.0 Å². The van der Waals surface area contributed by atoms with E-state index in [1.54, 1.807) is 6.07 Å². The topological polar surface area (TPSA) is 87.4 Å². The molecule has 10 heteroatoms. The Morgan fingerprint density at radius 2 is 1.83 bits per heavy atom. The summed E-state index contributed by atoms with van der Waals surface area (Å²) in [6, 6.07) is 9.45. The molecule has 0 aliphatic rings. The minimum Gasteiger partial charge on any atom is -0.741 e. The summed E-state index contributed by atoms with van der Waals surface area (Å²) in [5, 5.41) is 1.03. The third-order valence-electron chi connectivity index (χ3n) is 2.70. The number of nitrogens with zero attached hydrogens (tertiary/aromatic N) is 1. The van der Waals surface area contributed by atoms with Crippen molar-refractivity contribution < 1.29 is 40.2 Å². The number of carbonyl (C=O) groups excluding carboxylic acids is 1. The van der Waals surface area contributed by atoms with E-state index in [1.807, 2.05) is 42.1 Å². The number of aromatic nitrogens is 1. The molecule has 23 heavy (non-hydrogen) atoms. The molecule has 0 aliphatic carbocycles. The number of methoxy groups -OCH3 is 1. The normalized spacial score (nSPS) is 11.6. The number of aryl methyl sites for hydroxylation is 1. The average molecular weight is 351 g/mol. The number of hydrogen-bond acceptors (Lipinski definition) is 5. The third kappa shape index (κ3) is 4.89. The maximum atomic E-state index is 11.3. The third-order valence-corrected chi connectivity index (χ3v) is 3.26. The zero-order valence-corrected chi connectivity index (χ0v) is 12.8. The van der Waals surface area contributed by atoms with Gasteiger partial charge in [-0.25, -0.2) is 17.8 Å². The van der Waals surface area contributed by atoms with Gasteiger partial charge in [0.05, 0.1) is 12.7 Å². The van der Waals surface area contributed by atoms with Gasteiger partial charge < -0.3 is 9.29 Å². The standard InChI is InChI=1S/C12H12NO2.CHF3O3S/c1-13-7-3-4-9-8-10(12(14)15-2)5-6-11(9)13;2-1(3,4)8(5,6)7/h3-8H,1-2H3;(H,5,6,7)/q+1;/p-1. The Labute approximate surface area is 129 Å². The van der Waals surface area contributed by atoms with Crippen LogP contribution in [-0.2, 0) is 21.9 Å². The Balaban J connectivity index is 0.000000284. The Kier molecular flexibility index (Phi) is 5.67. The lowest BCUT2D eigenvalue weighted by atomic mass is 10.1. The van der Waals surface area contributed by atoms with Crippen molar-refractivity contribution in [2.75, 3.05) is 7.11 Å². The van der Waals surface area contributed by atoms with Gasteiger partial charge in [0.2, 0.25) is 5.52 Å². The molecule has 0 N–H and O–H groups in total. The summed E-state index contributed by atoms with van der Waals surface area (Å²) in [5.74, 6) is -0.302. The largest absolute Gasteiger partial charge is 0.741 e. The summed E-state index contributed by atoms with van der Waals surface area (Å²) in [7, 11) is -2.73. The van der Waals surface area contributed by atoms with Crippen LogP contribution in [0.15, 0.2) is 36.5 Å².